The molecule has 6 heteroatoms. The zero-order valence-corrected chi connectivity index (χ0v) is 11.1. The topological polar surface area (TPSA) is 64.4 Å². The molecule has 1 aromatic carbocycles. The minimum absolute atomic E-state index is 0.00294. The molecule has 1 aromatic rings. The molecule has 0 radical (unpaired) electrons. The predicted octanol–water partition coefficient (Wildman–Crippen LogP) is 3.48. The summed E-state index contributed by atoms with van der Waals surface area (Å²) in [4.78, 5) is 10.1. The summed E-state index contributed by atoms with van der Waals surface area (Å²) < 4.78 is 5.34. The number of ether oxygens (including phenoxy) is 1. The Hall–Kier alpha value is -1.33. The maximum atomic E-state index is 10.5. The Bertz CT molecular complexity index is 399. The van der Waals surface area contributed by atoms with Crippen LogP contribution in [0.25, 0.3) is 0 Å². The lowest BCUT2D eigenvalue weighted by atomic mass is 10.2. The molecule has 0 spiro atoms. The molecular formula is C12H17ClN2O3. The molecule has 100 valence electrons. The molecule has 0 aromatic heterocycles. The number of non-ortho nitro benzene ring substituents is 1. The largest absolute Gasteiger partial charge is 0.384 e. The monoisotopic (exact) mass is 272 g/mol. The Morgan fingerprint density at radius 3 is 2.83 bits per heavy atom. The van der Waals surface area contributed by atoms with Crippen LogP contribution in [0.1, 0.15) is 19.8 Å². The maximum Gasteiger partial charge on any atom is 0.271 e. The highest BCUT2D eigenvalue weighted by molar-refractivity contribution is 6.33. The number of hydrogen-bond donors (Lipinski definition) is 1. The molecule has 0 aliphatic heterocycles. The number of nitro groups is 1. The van der Waals surface area contributed by atoms with Gasteiger partial charge in [-0.2, -0.15) is 0 Å². The third-order valence-electron chi connectivity index (χ3n) is 2.29. The molecule has 0 saturated heterocycles. The molecule has 5 nitrogen and oxygen atoms in total. The summed E-state index contributed by atoms with van der Waals surface area (Å²) in [5.41, 5.74) is 0.703. The number of anilines is 1. The van der Waals surface area contributed by atoms with E-state index in [1.54, 1.807) is 6.07 Å². The van der Waals surface area contributed by atoms with E-state index in [9.17, 15) is 10.1 Å². The number of nitro benzene ring substituents is 1. The van der Waals surface area contributed by atoms with Crippen molar-refractivity contribution in [3.05, 3.63) is 33.3 Å². The van der Waals surface area contributed by atoms with Gasteiger partial charge in [-0.15, -0.1) is 0 Å². The van der Waals surface area contributed by atoms with Crippen molar-refractivity contribution < 1.29 is 9.66 Å². The van der Waals surface area contributed by atoms with Gasteiger partial charge < -0.3 is 10.1 Å². The average Bonchev–Trinajstić information content (AvgIpc) is 2.35. The van der Waals surface area contributed by atoms with Gasteiger partial charge in [-0.3, -0.25) is 10.1 Å². The standard InChI is InChI=1S/C12H17ClN2O3/c1-2-7-18-8-3-6-14-12-5-4-10(15(16)17)9-11(12)13/h4-5,9,14H,2-3,6-8H2,1H3. The molecule has 0 aliphatic carbocycles. The molecule has 1 N–H and O–H groups in total. The number of nitrogens with one attached hydrogen (secondary N) is 1. The lowest BCUT2D eigenvalue weighted by Crippen LogP contribution is -2.06. The van der Waals surface area contributed by atoms with E-state index in [0.717, 1.165) is 26.0 Å². The van der Waals surface area contributed by atoms with Crippen molar-refractivity contribution in [3.63, 3.8) is 0 Å². The van der Waals surface area contributed by atoms with E-state index < -0.39 is 4.92 Å². The van der Waals surface area contributed by atoms with Crippen LogP contribution in [-0.2, 0) is 4.74 Å². The summed E-state index contributed by atoms with van der Waals surface area (Å²) in [5.74, 6) is 0. The van der Waals surface area contributed by atoms with E-state index in [-0.39, 0.29) is 5.69 Å². The Morgan fingerprint density at radius 1 is 1.44 bits per heavy atom. The van der Waals surface area contributed by atoms with Crippen LogP contribution < -0.4 is 5.32 Å². The van der Waals surface area contributed by atoms with E-state index in [2.05, 4.69) is 12.2 Å². The predicted molar refractivity (Wildman–Crippen MR) is 72.3 cm³/mol. The van der Waals surface area contributed by atoms with E-state index >= 15 is 0 Å². The van der Waals surface area contributed by atoms with Crippen molar-refractivity contribution in [2.45, 2.75) is 19.8 Å². The molecule has 0 saturated carbocycles. The van der Waals surface area contributed by atoms with Gasteiger partial charge in [0.1, 0.15) is 0 Å². The lowest BCUT2D eigenvalue weighted by Gasteiger charge is -2.08. The van der Waals surface area contributed by atoms with E-state index in [1.807, 2.05) is 0 Å². The molecule has 0 atom stereocenters. The number of hydrogen-bond acceptors (Lipinski definition) is 4. The number of benzene rings is 1. The number of nitrogens with zero attached hydrogens (tertiary/aromatic N) is 1. The SMILES string of the molecule is CCCOCCCNc1ccc([N+](=O)[O-])cc1Cl. The van der Waals surface area contributed by atoms with Crippen molar-refractivity contribution in [2.75, 3.05) is 25.1 Å². The van der Waals surface area contributed by atoms with Gasteiger partial charge in [0.2, 0.25) is 0 Å². The van der Waals surface area contributed by atoms with Gasteiger partial charge in [-0.05, 0) is 18.9 Å². The first-order chi connectivity index (χ1) is 8.65. The summed E-state index contributed by atoms with van der Waals surface area (Å²) in [5, 5.41) is 14.0. The highest BCUT2D eigenvalue weighted by atomic mass is 35.5. The third-order valence-corrected chi connectivity index (χ3v) is 2.61. The van der Waals surface area contributed by atoms with Gasteiger partial charge in [0.15, 0.2) is 0 Å². The van der Waals surface area contributed by atoms with Crippen LogP contribution in [0.15, 0.2) is 18.2 Å². The zero-order valence-electron chi connectivity index (χ0n) is 10.3. The Kier molecular flexibility index (Phi) is 6.46. The summed E-state index contributed by atoms with van der Waals surface area (Å²) in [6.07, 6.45) is 1.88. The molecule has 0 heterocycles. The van der Waals surface area contributed by atoms with E-state index in [4.69, 9.17) is 16.3 Å². The highest BCUT2D eigenvalue weighted by Crippen LogP contribution is 2.26. The zero-order chi connectivity index (χ0) is 13.4. The van der Waals surface area contributed by atoms with Gasteiger partial charge in [0.25, 0.3) is 5.69 Å². The molecule has 0 fully saturated rings. The quantitative estimate of drug-likeness (QED) is 0.447. The summed E-state index contributed by atoms with van der Waals surface area (Å²) >= 11 is 5.94. The maximum absolute atomic E-state index is 10.5. The first kappa shape index (κ1) is 14.7. The van der Waals surface area contributed by atoms with Crippen molar-refractivity contribution >= 4 is 23.0 Å². The van der Waals surface area contributed by atoms with Gasteiger partial charge >= 0.3 is 0 Å². The van der Waals surface area contributed by atoms with E-state index in [1.165, 1.54) is 12.1 Å². The second-order valence-corrected chi connectivity index (χ2v) is 4.22. The Balaban J connectivity index is 2.36. The van der Waals surface area contributed by atoms with Crippen LogP contribution in [0, 0.1) is 10.1 Å². The van der Waals surface area contributed by atoms with Crippen LogP contribution in [0.5, 0.6) is 0 Å². The van der Waals surface area contributed by atoms with Crippen molar-refractivity contribution in [3.8, 4) is 0 Å². The van der Waals surface area contributed by atoms with Crippen LogP contribution in [0.3, 0.4) is 0 Å². The first-order valence-electron chi connectivity index (χ1n) is 5.90. The fraction of sp³-hybridized carbons (Fsp3) is 0.500. The van der Waals surface area contributed by atoms with Gasteiger partial charge in [0.05, 0.1) is 15.6 Å². The second-order valence-electron chi connectivity index (χ2n) is 3.81. The first-order valence-corrected chi connectivity index (χ1v) is 6.28. The smallest absolute Gasteiger partial charge is 0.271 e. The van der Waals surface area contributed by atoms with Crippen LogP contribution in [-0.4, -0.2) is 24.7 Å². The van der Waals surface area contributed by atoms with Crippen molar-refractivity contribution in [2.24, 2.45) is 0 Å². The van der Waals surface area contributed by atoms with Crippen LogP contribution in [0.4, 0.5) is 11.4 Å². The Labute approximate surface area is 111 Å². The third kappa shape index (κ3) is 4.89. The molecule has 0 unspecified atom stereocenters. The molecular weight excluding hydrogens is 256 g/mol. The minimum Gasteiger partial charge on any atom is -0.384 e. The van der Waals surface area contributed by atoms with E-state index in [0.29, 0.717) is 17.3 Å². The number of halogens is 1. The summed E-state index contributed by atoms with van der Waals surface area (Å²) in [6, 6.07) is 4.40. The van der Waals surface area contributed by atoms with Gasteiger partial charge in [0, 0.05) is 31.9 Å². The molecule has 18 heavy (non-hydrogen) atoms. The van der Waals surface area contributed by atoms with Gasteiger partial charge in [-0.25, -0.2) is 0 Å². The van der Waals surface area contributed by atoms with Crippen molar-refractivity contribution in [1.29, 1.82) is 0 Å². The minimum atomic E-state index is -0.464. The van der Waals surface area contributed by atoms with Crippen molar-refractivity contribution in [1.82, 2.24) is 0 Å². The number of rotatable bonds is 8. The fourth-order valence-corrected chi connectivity index (χ4v) is 1.65. The summed E-state index contributed by atoms with van der Waals surface area (Å²) in [7, 11) is 0. The second kappa shape index (κ2) is 7.89. The summed E-state index contributed by atoms with van der Waals surface area (Å²) in [6.45, 7) is 4.26. The molecule has 0 amide bonds. The van der Waals surface area contributed by atoms with Crippen LogP contribution >= 0.6 is 11.6 Å². The molecule has 0 aliphatic rings. The van der Waals surface area contributed by atoms with Gasteiger partial charge in [-0.1, -0.05) is 18.5 Å². The van der Waals surface area contributed by atoms with Crippen LogP contribution in [0.2, 0.25) is 5.02 Å². The average molecular weight is 273 g/mol. The normalized spacial score (nSPS) is 10.3. The highest BCUT2D eigenvalue weighted by Gasteiger charge is 2.08. The lowest BCUT2D eigenvalue weighted by molar-refractivity contribution is -0.384. The fourth-order valence-electron chi connectivity index (χ4n) is 1.40. The molecule has 0 bridgehead atoms. The Morgan fingerprint density at radius 2 is 2.22 bits per heavy atom. The molecule has 1 rings (SSSR count).